The van der Waals surface area contributed by atoms with Gasteiger partial charge < -0.3 is 10.1 Å². The van der Waals surface area contributed by atoms with Crippen molar-refractivity contribution in [3.8, 4) is 0 Å². The van der Waals surface area contributed by atoms with Gasteiger partial charge in [-0.25, -0.2) is 14.8 Å². The first-order valence-electron chi connectivity index (χ1n) is 3.53. The first kappa shape index (κ1) is 9.42. The lowest BCUT2D eigenvalue weighted by Crippen LogP contribution is -1.95. The monoisotopic (exact) mass is 275 g/mol. The van der Waals surface area contributed by atoms with E-state index in [1.807, 2.05) is 0 Å². The molecule has 0 amide bonds. The molecule has 0 radical (unpaired) electrons. The molecule has 14 heavy (non-hydrogen) atoms. The van der Waals surface area contributed by atoms with Crippen LogP contribution in [0.4, 0.5) is 0 Å². The molecule has 0 unspecified atom stereocenters. The largest absolute Gasteiger partial charge is 0.477 e. The second-order valence-electron chi connectivity index (χ2n) is 2.53. The first-order chi connectivity index (χ1) is 6.58. The summed E-state index contributed by atoms with van der Waals surface area (Å²) in [5.41, 5.74) is 0.434. The number of aromatic amines is 1. The van der Waals surface area contributed by atoms with Gasteiger partial charge in [-0.05, 0) is 22.0 Å². The van der Waals surface area contributed by atoms with Gasteiger partial charge in [0.2, 0.25) is 0 Å². The Labute approximate surface area is 91.3 Å². The van der Waals surface area contributed by atoms with Gasteiger partial charge in [0.05, 0.1) is 5.39 Å². The number of hydrogen-bond donors (Lipinski definition) is 2. The van der Waals surface area contributed by atoms with Gasteiger partial charge in [-0.1, -0.05) is 11.6 Å². The van der Waals surface area contributed by atoms with Crippen LogP contribution in [0.1, 0.15) is 10.5 Å². The molecule has 0 aromatic carbocycles. The van der Waals surface area contributed by atoms with Gasteiger partial charge in [0.15, 0.2) is 4.73 Å². The summed E-state index contributed by atoms with van der Waals surface area (Å²) < 4.78 is 0.314. The SMILES string of the molecule is O=C(O)c1cc2c(Cl)nc(Br)nc2[nH]1. The number of aromatic nitrogens is 3. The van der Waals surface area contributed by atoms with Crippen molar-refractivity contribution in [2.24, 2.45) is 0 Å². The highest BCUT2D eigenvalue weighted by Gasteiger charge is 2.12. The zero-order valence-corrected chi connectivity index (χ0v) is 8.93. The van der Waals surface area contributed by atoms with Crippen LogP contribution in [0, 0.1) is 0 Å². The van der Waals surface area contributed by atoms with E-state index in [1.54, 1.807) is 0 Å². The summed E-state index contributed by atoms with van der Waals surface area (Å²) in [6, 6.07) is 1.40. The minimum absolute atomic E-state index is 0.0364. The molecule has 0 bridgehead atoms. The van der Waals surface area contributed by atoms with Gasteiger partial charge in [0, 0.05) is 0 Å². The highest BCUT2D eigenvalue weighted by Crippen LogP contribution is 2.22. The predicted octanol–water partition coefficient (Wildman–Crippen LogP) is 2.07. The smallest absolute Gasteiger partial charge is 0.352 e. The fraction of sp³-hybridized carbons (Fsp3) is 0. The summed E-state index contributed by atoms with van der Waals surface area (Å²) in [5.74, 6) is -1.06. The second-order valence-corrected chi connectivity index (χ2v) is 3.60. The second kappa shape index (κ2) is 3.21. The average Bonchev–Trinajstić information content (AvgIpc) is 2.47. The minimum atomic E-state index is -1.06. The summed E-state index contributed by atoms with van der Waals surface area (Å²) in [6.07, 6.45) is 0. The van der Waals surface area contributed by atoms with Crippen LogP contribution in [0.25, 0.3) is 11.0 Å². The lowest BCUT2D eigenvalue weighted by molar-refractivity contribution is 0.0691. The van der Waals surface area contributed by atoms with Crippen LogP contribution in [-0.2, 0) is 0 Å². The van der Waals surface area contributed by atoms with E-state index in [4.69, 9.17) is 16.7 Å². The number of carbonyl (C=O) groups is 1. The van der Waals surface area contributed by atoms with E-state index in [2.05, 4.69) is 30.9 Å². The molecule has 72 valence electrons. The maximum absolute atomic E-state index is 10.6. The molecule has 0 fully saturated rings. The van der Waals surface area contributed by atoms with Gasteiger partial charge in [0.25, 0.3) is 0 Å². The number of hydrogen-bond acceptors (Lipinski definition) is 3. The van der Waals surface area contributed by atoms with E-state index in [0.29, 0.717) is 15.8 Å². The topological polar surface area (TPSA) is 78.9 Å². The van der Waals surface area contributed by atoms with Crippen LogP contribution in [0.2, 0.25) is 5.15 Å². The first-order valence-corrected chi connectivity index (χ1v) is 4.70. The average molecular weight is 276 g/mol. The number of carboxylic acids is 1. The fourth-order valence-corrected chi connectivity index (χ4v) is 1.74. The minimum Gasteiger partial charge on any atom is -0.477 e. The third-order valence-corrected chi connectivity index (χ3v) is 2.29. The molecule has 7 heteroatoms. The number of nitrogens with zero attached hydrogens (tertiary/aromatic N) is 2. The third-order valence-electron chi connectivity index (χ3n) is 1.64. The molecular formula is C7H3BrClN3O2. The van der Waals surface area contributed by atoms with Gasteiger partial charge in [-0.2, -0.15) is 0 Å². The summed E-state index contributed by atoms with van der Waals surface area (Å²) in [6.45, 7) is 0. The molecule has 0 atom stereocenters. The Morgan fingerprint density at radius 1 is 1.57 bits per heavy atom. The van der Waals surface area contributed by atoms with Crippen LogP contribution in [0.5, 0.6) is 0 Å². The highest BCUT2D eigenvalue weighted by atomic mass is 79.9. The molecular weight excluding hydrogens is 273 g/mol. The van der Waals surface area contributed by atoms with E-state index in [1.165, 1.54) is 6.07 Å². The van der Waals surface area contributed by atoms with Crippen molar-refractivity contribution in [3.63, 3.8) is 0 Å². The normalized spacial score (nSPS) is 10.7. The van der Waals surface area contributed by atoms with Crippen LogP contribution in [-0.4, -0.2) is 26.0 Å². The molecule has 5 nitrogen and oxygen atoms in total. The molecule has 0 saturated carbocycles. The summed E-state index contributed by atoms with van der Waals surface area (Å²) >= 11 is 8.84. The van der Waals surface area contributed by atoms with Gasteiger partial charge in [0.1, 0.15) is 16.5 Å². The molecule has 2 aromatic heterocycles. The Hall–Kier alpha value is -1.14. The third kappa shape index (κ3) is 1.46. The Morgan fingerprint density at radius 3 is 2.93 bits per heavy atom. The van der Waals surface area contributed by atoms with Crippen molar-refractivity contribution in [1.29, 1.82) is 0 Å². The van der Waals surface area contributed by atoms with Crippen LogP contribution in [0.3, 0.4) is 0 Å². The molecule has 2 rings (SSSR count). The maximum Gasteiger partial charge on any atom is 0.352 e. The number of nitrogens with one attached hydrogen (secondary N) is 1. The zero-order valence-electron chi connectivity index (χ0n) is 6.58. The van der Waals surface area contributed by atoms with Gasteiger partial charge >= 0.3 is 5.97 Å². The molecule has 0 aliphatic carbocycles. The lowest BCUT2D eigenvalue weighted by Gasteiger charge is -1.92. The molecule has 0 aliphatic rings. The molecule has 0 saturated heterocycles. The van der Waals surface area contributed by atoms with Crippen LogP contribution in [0.15, 0.2) is 10.8 Å². The zero-order chi connectivity index (χ0) is 10.3. The number of aromatic carboxylic acids is 1. The molecule has 2 N–H and O–H groups in total. The predicted molar refractivity (Wildman–Crippen MR) is 53.6 cm³/mol. The van der Waals surface area contributed by atoms with Gasteiger partial charge in [-0.3, -0.25) is 0 Å². The van der Waals surface area contributed by atoms with Crippen molar-refractivity contribution in [2.45, 2.75) is 0 Å². The molecule has 2 aromatic rings. The fourth-order valence-electron chi connectivity index (χ4n) is 1.06. The Kier molecular flexibility index (Phi) is 2.16. The number of halogens is 2. The van der Waals surface area contributed by atoms with Crippen LogP contribution >= 0.6 is 27.5 Å². The molecule has 0 spiro atoms. The van der Waals surface area contributed by atoms with E-state index in [9.17, 15) is 4.79 Å². The summed E-state index contributed by atoms with van der Waals surface area (Å²) in [7, 11) is 0. The van der Waals surface area contributed by atoms with Crippen molar-refractivity contribution < 1.29 is 9.90 Å². The highest BCUT2D eigenvalue weighted by molar-refractivity contribution is 9.10. The van der Waals surface area contributed by atoms with E-state index in [0.717, 1.165) is 0 Å². The van der Waals surface area contributed by atoms with Crippen molar-refractivity contribution in [3.05, 3.63) is 21.6 Å². The molecule has 2 heterocycles. The van der Waals surface area contributed by atoms with E-state index >= 15 is 0 Å². The number of rotatable bonds is 1. The van der Waals surface area contributed by atoms with Crippen LogP contribution < -0.4 is 0 Å². The van der Waals surface area contributed by atoms with Crippen molar-refractivity contribution >= 4 is 44.5 Å². The van der Waals surface area contributed by atoms with Gasteiger partial charge in [-0.15, -0.1) is 0 Å². The van der Waals surface area contributed by atoms with Crippen molar-refractivity contribution in [1.82, 2.24) is 15.0 Å². The summed E-state index contributed by atoms with van der Waals surface area (Å²) in [5, 5.41) is 9.42. The Balaban J connectivity index is 2.76. The lowest BCUT2D eigenvalue weighted by atomic mass is 10.4. The summed E-state index contributed by atoms with van der Waals surface area (Å²) in [4.78, 5) is 21.0. The molecule has 0 aliphatic heterocycles. The number of carboxylic acid groups (broad SMARTS) is 1. The number of fused-ring (bicyclic) bond motifs is 1. The Bertz CT molecular complexity index is 525. The standard InChI is InChI=1S/C7H3BrClN3O2/c8-7-11-4(9)2-1-3(6(13)14)10-5(2)12-7/h1H,(H,13,14)(H,10,11,12). The van der Waals surface area contributed by atoms with E-state index in [-0.39, 0.29) is 10.8 Å². The maximum atomic E-state index is 10.6. The van der Waals surface area contributed by atoms with E-state index < -0.39 is 5.97 Å². The quantitative estimate of drug-likeness (QED) is 0.617. The van der Waals surface area contributed by atoms with Crippen molar-refractivity contribution in [2.75, 3.05) is 0 Å². The Morgan fingerprint density at radius 2 is 2.29 bits per heavy atom. The number of H-pyrrole nitrogens is 1.